The molecule has 0 spiro atoms. The smallest absolute Gasteiger partial charge is 1.00 e. The van der Waals surface area contributed by atoms with E-state index in [-0.39, 0.29) is 18.9 Å². The third-order valence-corrected chi connectivity index (χ3v) is 0. The molecule has 0 bridgehead atoms. The number of rotatable bonds is 0. The molecule has 0 amide bonds. The maximum atomic E-state index is 7.10. The molecular weight excluding hydrogens is 43.8 g/mol. The van der Waals surface area contributed by atoms with Crippen LogP contribution in [0.1, 0.15) is 0 Å². The van der Waals surface area contributed by atoms with Crippen LogP contribution < -0.4 is 18.9 Å². The van der Waals surface area contributed by atoms with Crippen molar-refractivity contribution < 1.29 is 18.9 Å². The van der Waals surface area contributed by atoms with Crippen LogP contribution in [0.5, 0.6) is 0 Å². The molecular formula is CBLiN. The van der Waals surface area contributed by atoms with E-state index >= 15 is 0 Å². The van der Waals surface area contributed by atoms with Crippen LogP contribution in [0.4, 0.5) is 0 Å². The molecule has 0 atom stereocenters. The molecule has 1 radical (unpaired) electrons. The Balaban J connectivity index is 0. The molecule has 0 unspecified atom stereocenters. The molecule has 0 aromatic carbocycles. The molecule has 0 aromatic rings. The minimum atomic E-state index is 0. The molecule has 0 saturated carbocycles. The van der Waals surface area contributed by atoms with Crippen molar-refractivity contribution >= 4 is 13.2 Å². The van der Waals surface area contributed by atoms with Crippen molar-refractivity contribution in [1.82, 2.24) is 0 Å². The Labute approximate surface area is 38.2 Å². The van der Waals surface area contributed by atoms with Gasteiger partial charge >= 0.3 is 37.5 Å². The van der Waals surface area contributed by atoms with E-state index < -0.39 is 0 Å². The number of hydrogen-bond donors (Lipinski definition) is 0. The van der Waals surface area contributed by atoms with Crippen molar-refractivity contribution in [3.63, 3.8) is 0 Å². The van der Waals surface area contributed by atoms with Crippen LogP contribution in [0.25, 0.3) is 5.41 Å². The van der Waals surface area contributed by atoms with E-state index in [2.05, 4.69) is 7.49 Å². The van der Waals surface area contributed by atoms with Gasteiger partial charge in [-0.15, -0.1) is 0 Å². The van der Waals surface area contributed by atoms with Gasteiger partial charge in [0.2, 0.25) is 0 Å². The van der Waals surface area contributed by atoms with Crippen LogP contribution in [0.2, 0.25) is 0 Å². The predicted molar refractivity (Wildman–Crippen MR) is 14.1 cm³/mol. The van der Waals surface area contributed by atoms with Gasteiger partial charge in [-0.05, 0) is 0 Å². The van der Waals surface area contributed by atoms with Gasteiger partial charge < -0.3 is 0 Å². The first-order valence-corrected chi connectivity index (χ1v) is 0.512. The fourth-order valence-corrected chi connectivity index (χ4v) is 0. The molecule has 3 heteroatoms. The minimum Gasteiger partial charge on any atom is 1.00 e. The topological polar surface area (TPSA) is 22.3 Å². The van der Waals surface area contributed by atoms with Gasteiger partial charge in [-0.3, -0.25) is 0 Å². The summed E-state index contributed by atoms with van der Waals surface area (Å²) >= 11 is 0. The zero-order chi connectivity index (χ0) is 2.71. The van der Waals surface area contributed by atoms with E-state index in [4.69, 9.17) is 5.41 Å². The fourth-order valence-electron chi connectivity index (χ4n) is 0. The third kappa shape index (κ3) is 58.9. The molecule has 0 fully saturated rings. The summed E-state index contributed by atoms with van der Waals surface area (Å²) in [5.41, 5.74) is 0. The Morgan fingerprint density at radius 1 is 1.75 bits per heavy atom. The zero-order valence-electron chi connectivity index (χ0n) is 2.52. The van der Waals surface area contributed by atoms with E-state index in [1.165, 1.54) is 5.76 Å². The molecule has 0 aliphatic carbocycles. The monoisotopic (exact) mass is 44.0 g/mol. The van der Waals surface area contributed by atoms with E-state index in [0.29, 0.717) is 0 Å². The predicted octanol–water partition coefficient (Wildman–Crippen LogP) is -3.37. The molecule has 4 heavy (non-hydrogen) atoms. The fraction of sp³-hybridized carbons (Fsp3) is 0. The Kier molecular flexibility index (Phi) is 23.4. The summed E-state index contributed by atoms with van der Waals surface area (Å²) < 4.78 is 0. The first-order chi connectivity index (χ1) is 1.41. The van der Waals surface area contributed by atoms with Gasteiger partial charge in [-0.1, -0.05) is 0 Å². The second kappa shape index (κ2) is 10.6. The summed E-state index contributed by atoms with van der Waals surface area (Å²) in [5.74, 6) is 1.25. The average molecular weight is 43.8 g/mol. The van der Waals surface area contributed by atoms with Crippen molar-refractivity contribution in [2.75, 3.05) is 0 Å². The van der Waals surface area contributed by atoms with Gasteiger partial charge in [0.25, 0.3) is 0 Å². The second-order valence-corrected chi connectivity index (χ2v) is 0.129. The largest absolute Gasteiger partial charge is 1.00 e. The molecule has 0 saturated heterocycles. The summed E-state index contributed by atoms with van der Waals surface area (Å²) in [6, 6.07) is 0. The van der Waals surface area contributed by atoms with Crippen LogP contribution in [0.3, 0.4) is 0 Å². The maximum absolute atomic E-state index is 7.10. The first kappa shape index (κ1) is 8.87. The van der Waals surface area contributed by atoms with Crippen LogP contribution in [-0.2, 0) is 0 Å². The molecule has 0 N–H and O–H groups in total. The van der Waals surface area contributed by atoms with Crippen LogP contribution in [-0.4, -0.2) is 13.2 Å². The minimum absolute atomic E-state index is 0. The van der Waals surface area contributed by atoms with E-state index in [9.17, 15) is 0 Å². The van der Waals surface area contributed by atoms with Crippen LogP contribution >= 0.6 is 0 Å². The summed E-state index contributed by atoms with van der Waals surface area (Å²) in [6.07, 6.45) is 0. The van der Waals surface area contributed by atoms with Crippen molar-refractivity contribution in [2.24, 2.45) is 0 Å². The summed E-state index contributed by atoms with van der Waals surface area (Å²) in [5, 5.41) is 7.10. The normalized spacial score (nSPS) is 1.75. The third-order valence-electron chi connectivity index (χ3n) is 0. The maximum Gasteiger partial charge on any atom is 1.00 e. The Morgan fingerprint density at radius 3 is 1.75 bits per heavy atom. The van der Waals surface area contributed by atoms with Crippen molar-refractivity contribution in [3.05, 3.63) is 5.41 Å². The molecule has 0 rings (SSSR count). The van der Waals surface area contributed by atoms with Gasteiger partial charge in [0.1, 0.15) is 0 Å². The molecule has 0 aliphatic rings. The quantitative estimate of drug-likeness (QED) is 0.200. The summed E-state index contributed by atoms with van der Waals surface area (Å²) in [6.45, 7) is 0. The molecule has 0 aromatic heterocycles. The second-order valence-electron chi connectivity index (χ2n) is 0.129. The zero-order valence-corrected chi connectivity index (χ0v) is 2.52. The SMILES string of the molecule is [B]=C=[N-].[Li+]. The van der Waals surface area contributed by atoms with Gasteiger partial charge in [0.15, 0.2) is 0 Å². The van der Waals surface area contributed by atoms with Gasteiger partial charge in [0, 0.05) is 0 Å². The summed E-state index contributed by atoms with van der Waals surface area (Å²) in [4.78, 5) is 0. The Bertz CT molecular complexity index is 29.0. The van der Waals surface area contributed by atoms with E-state index in [0.717, 1.165) is 0 Å². The molecule has 0 aliphatic heterocycles. The Hall–Kier alpha value is 0.242. The number of hydrogen-bond acceptors (Lipinski definition) is 0. The van der Waals surface area contributed by atoms with E-state index in [1.54, 1.807) is 0 Å². The van der Waals surface area contributed by atoms with Gasteiger partial charge in [-0.25, -0.2) is 0 Å². The van der Waals surface area contributed by atoms with Gasteiger partial charge in [0.05, 0.1) is 0 Å². The van der Waals surface area contributed by atoms with E-state index in [1.807, 2.05) is 0 Å². The molecule has 0 heterocycles. The average Bonchev–Trinajstić information content (AvgIpc) is 0.918. The summed E-state index contributed by atoms with van der Waals surface area (Å²) in [7, 11) is 4.15. The first-order valence-electron chi connectivity index (χ1n) is 0.512. The van der Waals surface area contributed by atoms with Crippen molar-refractivity contribution in [1.29, 1.82) is 0 Å². The van der Waals surface area contributed by atoms with Crippen LogP contribution in [0, 0.1) is 0 Å². The van der Waals surface area contributed by atoms with Crippen molar-refractivity contribution in [3.8, 4) is 0 Å². The molecule has 1 nitrogen and oxygen atoms in total. The van der Waals surface area contributed by atoms with Crippen molar-refractivity contribution in [2.45, 2.75) is 0 Å². The number of nitrogens with zero attached hydrogens (tertiary/aromatic N) is 1. The van der Waals surface area contributed by atoms with Gasteiger partial charge in [-0.2, -0.15) is 0 Å². The Morgan fingerprint density at radius 2 is 1.75 bits per heavy atom. The molecule has 13 valence electrons. The van der Waals surface area contributed by atoms with Crippen LogP contribution in [0.15, 0.2) is 0 Å². The standard InChI is InChI=1S/CBN.Li/c2-1-3;/q-1;+1.